The highest BCUT2D eigenvalue weighted by molar-refractivity contribution is 5.83. The molecule has 18 heavy (non-hydrogen) atoms. The first kappa shape index (κ1) is 15.5. The van der Waals surface area contributed by atoms with E-state index in [1.54, 1.807) is 0 Å². The van der Waals surface area contributed by atoms with Crippen molar-refractivity contribution in [1.82, 2.24) is 5.32 Å². The molecule has 2 atom stereocenters. The van der Waals surface area contributed by atoms with Crippen molar-refractivity contribution in [3.05, 3.63) is 0 Å². The first-order chi connectivity index (χ1) is 8.41. The fourth-order valence-electron chi connectivity index (χ4n) is 3.06. The Morgan fingerprint density at radius 1 is 1.22 bits per heavy atom. The zero-order valence-electron chi connectivity index (χ0n) is 12.5. The van der Waals surface area contributed by atoms with Crippen molar-refractivity contribution in [2.45, 2.75) is 65.8 Å². The number of hydrogen-bond acceptors (Lipinski definition) is 2. The second-order valence-electron chi connectivity index (χ2n) is 6.56. The second kappa shape index (κ2) is 6.55. The van der Waals surface area contributed by atoms with Crippen LogP contribution in [0, 0.1) is 17.3 Å². The first-order valence-electron chi connectivity index (χ1n) is 7.42. The van der Waals surface area contributed by atoms with Crippen molar-refractivity contribution in [2.24, 2.45) is 23.0 Å². The second-order valence-corrected chi connectivity index (χ2v) is 6.56. The number of carbonyl (C=O) groups excluding carboxylic acids is 1. The Balaban J connectivity index is 2.66. The van der Waals surface area contributed by atoms with Crippen LogP contribution >= 0.6 is 0 Å². The average Bonchev–Trinajstić information content (AvgIpc) is 2.76. The molecule has 3 nitrogen and oxygen atoms in total. The lowest BCUT2D eigenvalue weighted by Gasteiger charge is -2.32. The van der Waals surface area contributed by atoms with E-state index in [2.05, 4.69) is 33.0 Å². The Bertz CT molecular complexity index is 270. The van der Waals surface area contributed by atoms with Crippen LogP contribution in [0.4, 0.5) is 0 Å². The molecule has 0 aliphatic heterocycles. The van der Waals surface area contributed by atoms with E-state index in [9.17, 15) is 4.79 Å². The molecule has 0 aromatic carbocycles. The summed E-state index contributed by atoms with van der Waals surface area (Å²) in [6, 6.07) is 0.173. The molecule has 3 heteroatoms. The maximum atomic E-state index is 12.6. The van der Waals surface area contributed by atoms with Gasteiger partial charge < -0.3 is 11.1 Å². The number of nitrogens with one attached hydrogen (secondary N) is 1. The molecule has 3 N–H and O–H groups in total. The van der Waals surface area contributed by atoms with E-state index in [-0.39, 0.29) is 17.4 Å². The van der Waals surface area contributed by atoms with Crippen LogP contribution in [0.5, 0.6) is 0 Å². The third kappa shape index (κ3) is 3.71. The topological polar surface area (TPSA) is 55.1 Å². The lowest BCUT2D eigenvalue weighted by atomic mass is 9.77. The van der Waals surface area contributed by atoms with Gasteiger partial charge in [0.05, 0.1) is 0 Å². The molecule has 1 rings (SSSR count). The molecule has 1 amide bonds. The van der Waals surface area contributed by atoms with Gasteiger partial charge in [-0.2, -0.15) is 0 Å². The summed E-state index contributed by atoms with van der Waals surface area (Å²) in [6.45, 7) is 9.19. The average molecular weight is 254 g/mol. The standard InChI is InChI=1S/C15H30N2O/c1-11(2)9-15(7-5-6-8-15)14(18)17-13(4)12(3)10-16/h11-13H,5-10,16H2,1-4H3,(H,17,18). The fourth-order valence-corrected chi connectivity index (χ4v) is 3.06. The number of amides is 1. The molecule has 0 heterocycles. The van der Waals surface area contributed by atoms with Gasteiger partial charge >= 0.3 is 0 Å². The largest absolute Gasteiger partial charge is 0.353 e. The predicted molar refractivity (Wildman–Crippen MR) is 76.2 cm³/mol. The third-order valence-electron chi connectivity index (χ3n) is 4.43. The minimum absolute atomic E-state index is 0.100. The van der Waals surface area contributed by atoms with Gasteiger partial charge in [0.15, 0.2) is 0 Å². The van der Waals surface area contributed by atoms with Crippen LogP contribution in [-0.4, -0.2) is 18.5 Å². The Morgan fingerprint density at radius 3 is 2.22 bits per heavy atom. The monoisotopic (exact) mass is 254 g/mol. The van der Waals surface area contributed by atoms with Gasteiger partial charge in [0.25, 0.3) is 0 Å². The summed E-state index contributed by atoms with van der Waals surface area (Å²) in [5.74, 6) is 1.18. The molecule has 2 unspecified atom stereocenters. The van der Waals surface area contributed by atoms with E-state index >= 15 is 0 Å². The number of rotatable bonds is 6. The summed E-state index contributed by atoms with van der Waals surface area (Å²) < 4.78 is 0. The van der Waals surface area contributed by atoms with Gasteiger partial charge in [0.2, 0.25) is 5.91 Å². The van der Waals surface area contributed by atoms with Crippen LogP contribution in [0.3, 0.4) is 0 Å². The lowest BCUT2D eigenvalue weighted by molar-refractivity contribution is -0.132. The Labute approximate surface area is 112 Å². The number of hydrogen-bond donors (Lipinski definition) is 2. The van der Waals surface area contributed by atoms with Gasteiger partial charge in [0, 0.05) is 11.5 Å². The molecule has 1 aliphatic carbocycles. The molecular formula is C15H30N2O. The quantitative estimate of drug-likeness (QED) is 0.765. The van der Waals surface area contributed by atoms with Crippen molar-refractivity contribution in [3.8, 4) is 0 Å². The molecule has 0 bridgehead atoms. The van der Waals surface area contributed by atoms with Crippen molar-refractivity contribution >= 4 is 5.91 Å². The third-order valence-corrected chi connectivity index (χ3v) is 4.43. The summed E-state index contributed by atoms with van der Waals surface area (Å²) in [5.41, 5.74) is 5.56. The van der Waals surface area contributed by atoms with Gasteiger partial charge in [-0.1, -0.05) is 33.6 Å². The van der Waals surface area contributed by atoms with Crippen molar-refractivity contribution in [3.63, 3.8) is 0 Å². The maximum absolute atomic E-state index is 12.6. The summed E-state index contributed by atoms with van der Waals surface area (Å²) in [4.78, 5) is 12.6. The molecule has 1 saturated carbocycles. The van der Waals surface area contributed by atoms with E-state index in [4.69, 9.17) is 5.73 Å². The molecule has 1 fully saturated rings. The maximum Gasteiger partial charge on any atom is 0.226 e. The van der Waals surface area contributed by atoms with Gasteiger partial charge in [0.1, 0.15) is 0 Å². The van der Waals surface area contributed by atoms with Crippen LogP contribution in [0.1, 0.15) is 59.8 Å². The zero-order chi connectivity index (χ0) is 13.8. The van der Waals surface area contributed by atoms with E-state index in [0.717, 1.165) is 19.3 Å². The van der Waals surface area contributed by atoms with Crippen LogP contribution in [0.15, 0.2) is 0 Å². The van der Waals surface area contributed by atoms with Gasteiger partial charge in [-0.25, -0.2) is 0 Å². The van der Waals surface area contributed by atoms with Gasteiger partial charge in [-0.15, -0.1) is 0 Å². The molecule has 0 spiro atoms. The summed E-state index contributed by atoms with van der Waals surface area (Å²) in [5, 5.41) is 3.20. The summed E-state index contributed by atoms with van der Waals surface area (Å²) in [7, 11) is 0. The highest BCUT2D eigenvalue weighted by Crippen LogP contribution is 2.43. The van der Waals surface area contributed by atoms with E-state index in [0.29, 0.717) is 18.4 Å². The Morgan fingerprint density at radius 2 is 1.78 bits per heavy atom. The van der Waals surface area contributed by atoms with E-state index in [1.165, 1.54) is 12.8 Å². The molecular weight excluding hydrogens is 224 g/mol. The molecule has 0 radical (unpaired) electrons. The first-order valence-corrected chi connectivity index (χ1v) is 7.42. The normalized spacial score (nSPS) is 21.9. The van der Waals surface area contributed by atoms with Crippen LogP contribution in [0.25, 0.3) is 0 Å². The highest BCUT2D eigenvalue weighted by atomic mass is 16.2. The summed E-state index contributed by atoms with van der Waals surface area (Å²) in [6.07, 6.45) is 5.52. The van der Waals surface area contributed by atoms with Crippen LogP contribution < -0.4 is 11.1 Å². The van der Waals surface area contributed by atoms with Crippen molar-refractivity contribution in [1.29, 1.82) is 0 Å². The number of carbonyl (C=O) groups is 1. The SMILES string of the molecule is CC(C)CC1(C(=O)NC(C)C(C)CN)CCCC1. The molecule has 0 aromatic heterocycles. The minimum atomic E-state index is -0.100. The van der Waals surface area contributed by atoms with Crippen LogP contribution in [-0.2, 0) is 4.79 Å². The summed E-state index contributed by atoms with van der Waals surface area (Å²) >= 11 is 0. The smallest absolute Gasteiger partial charge is 0.226 e. The van der Waals surface area contributed by atoms with Crippen LogP contribution in [0.2, 0.25) is 0 Å². The minimum Gasteiger partial charge on any atom is -0.353 e. The zero-order valence-corrected chi connectivity index (χ0v) is 12.5. The lowest BCUT2D eigenvalue weighted by Crippen LogP contribution is -2.47. The molecule has 0 saturated heterocycles. The Hall–Kier alpha value is -0.570. The molecule has 0 aromatic rings. The van der Waals surface area contributed by atoms with Gasteiger partial charge in [-0.05, 0) is 44.6 Å². The van der Waals surface area contributed by atoms with Gasteiger partial charge in [-0.3, -0.25) is 4.79 Å². The van der Waals surface area contributed by atoms with E-state index < -0.39 is 0 Å². The number of nitrogens with two attached hydrogens (primary N) is 1. The van der Waals surface area contributed by atoms with Crippen molar-refractivity contribution in [2.75, 3.05) is 6.54 Å². The molecule has 106 valence electrons. The Kier molecular flexibility index (Phi) is 5.64. The van der Waals surface area contributed by atoms with Crippen molar-refractivity contribution < 1.29 is 4.79 Å². The van der Waals surface area contributed by atoms with E-state index in [1.807, 2.05) is 0 Å². The molecule has 1 aliphatic rings. The fraction of sp³-hybridized carbons (Fsp3) is 0.933. The highest BCUT2D eigenvalue weighted by Gasteiger charge is 2.41. The predicted octanol–water partition coefficient (Wildman–Crippen LogP) is 2.69.